The second kappa shape index (κ2) is 8.61. The average Bonchev–Trinajstić information content (AvgIpc) is 3.04. The zero-order valence-corrected chi connectivity index (χ0v) is 16.7. The Hall–Kier alpha value is -2.60. The van der Waals surface area contributed by atoms with Crippen molar-refractivity contribution in [2.45, 2.75) is 38.1 Å². The molecule has 2 aromatic rings. The Kier molecular flexibility index (Phi) is 5.76. The van der Waals surface area contributed by atoms with E-state index >= 15 is 0 Å². The van der Waals surface area contributed by atoms with Crippen LogP contribution in [-0.4, -0.2) is 34.1 Å². The number of aromatic nitrogens is 1. The molecule has 1 saturated carbocycles. The van der Waals surface area contributed by atoms with Crippen molar-refractivity contribution in [3.8, 4) is 5.75 Å². The summed E-state index contributed by atoms with van der Waals surface area (Å²) in [6.07, 6.45) is 11.0. The Labute approximate surface area is 169 Å². The molecule has 144 valence electrons. The SMILES string of the molecule is COc1ccc(/C=C2\SC(=Nc3cccnc3)N(C3CCCCC3)C2=O)cc1. The number of carbonyl (C=O) groups excluding carboxylic acids is 1. The maximum atomic E-state index is 13.2. The highest BCUT2D eigenvalue weighted by atomic mass is 32.2. The van der Waals surface area contributed by atoms with Crippen molar-refractivity contribution >= 4 is 34.6 Å². The lowest BCUT2D eigenvalue weighted by Crippen LogP contribution is -2.40. The van der Waals surface area contributed by atoms with Crippen LogP contribution in [0.15, 0.2) is 58.7 Å². The molecule has 1 aromatic heterocycles. The monoisotopic (exact) mass is 393 g/mol. The van der Waals surface area contributed by atoms with E-state index in [1.54, 1.807) is 19.5 Å². The van der Waals surface area contributed by atoms with Gasteiger partial charge in [-0.15, -0.1) is 0 Å². The first kappa shape index (κ1) is 18.7. The Morgan fingerprint density at radius 1 is 1.18 bits per heavy atom. The molecule has 1 aliphatic heterocycles. The molecular weight excluding hydrogens is 370 g/mol. The van der Waals surface area contributed by atoms with E-state index < -0.39 is 0 Å². The number of amidine groups is 1. The van der Waals surface area contributed by atoms with Crippen molar-refractivity contribution < 1.29 is 9.53 Å². The molecule has 1 saturated heterocycles. The van der Waals surface area contributed by atoms with Crippen molar-refractivity contribution in [3.05, 3.63) is 59.3 Å². The van der Waals surface area contributed by atoms with Gasteiger partial charge in [-0.25, -0.2) is 4.99 Å². The molecule has 0 unspecified atom stereocenters. The van der Waals surface area contributed by atoms with Gasteiger partial charge >= 0.3 is 0 Å². The molecule has 28 heavy (non-hydrogen) atoms. The van der Waals surface area contributed by atoms with Crippen LogP contribution in [0.3, 0.4) is 0 Å². The molecule has 0 bridgehead atoms. The van der Waals surface area contributed by atoms with Gasteiger partial charge in [0.25, 0.3) is 5.91 Å². The summed E-state index contributed by atoms with van der Waals surface area (Å²) in [7, 11) is 1.65. The second-order valence-electron chi connectivity index (χ2n) is 6.96. The number of carbonyl (C=O) groups is 1. The summed E-state index contributed by atoms with van der Waals surface area (Å²) in [4.78, 5) is 24.8. The van der Waals surface area contributed by atoms with Gasteiger partial charge in [0.1, 0.15) is 5.75 Å². The number of hydrogen-bond acceptors (Lipinski definition) is 5. The second-order valence-corrected chi connectivity index (χ2v) is 7.97. The van der Waals surface area contributed by atoms with E-state index in [1.165, 1.54) is 18.2 Å². The summed E-state index contributed by atoms with van der Waals surface area (Å²) in [5, 5.41) is 0.754. The fourth-order valence-corrected chi connectivity index (χ4v) is 4.67. The number of pyridine rings is 1. The van der Waals surface area contributed by atoms with E-state index in [9.17, 15) is 4.79 Å². The summed E-state index contributed by atoms with van der Waals surface area (Å²) in [6.45, 7) is 0. The first-order chi connectivity index (χ1) is 13.7. The molecule has 0 spiro atoms. The number of amides is 1. The van der Waals surface area contributed by atoms with Gasteiger partial charge < -0.3 is 4.74 Å². The van der Waals surface area contributed by atoms with Crippen LogP contribution in [0.1, 0.15) is 37.7 Å². The van der Waals surface area contributed by atoms with Crippen LogP contribution in [0, 0.1) is 0 Å². The van der Waals surface area contributed by atoms with E-state index in [-0.39, 0.29) is 11.9 Å². The minimum Gasteiger partial charge on any atom is -0.497 e. The van der Waals surface area contributed by atoms with Gasteiger partial charge in [-0.1, -0.05) is 31.4 Å². The van der Waals surface area contributed by atoms with Crippen molar-refractivity contribution in [2.24, 2.45) is 4.99 Å². The fraction of sp³-hybridized carbons (Fsp3) is 0.318. The predicted molar refractivity (Wildman–Crippen MR) is 114 cm³/mol. The minimum atomic E-state index is 0.0513. The highest BCUT2D eigenvalue weighted by Gasteiger charge is 2.38. The number of methoxy groups -OCH3 is 1. The maximum absolute atomic E-state index is 13.2. The molecule has 5 nitrogen and oxygen atoms in total. The normalized spacial score (nSPS) is 20.9. The Morgan fingerprint density at radius 3 is 2.64 bits per heavy atom. The molecule has 1 amide bonds. The number of rotatable bonds is 4. The van der Waals surface area contributed by atoms with Gasteiger partial charge in [-0.05, 0) is 60.5 Å². The largest absolute Gasteiger partial charge is 0.497 e. The predicted octanol–water partition coefficient (Wildman–Crippen LogP) is 5.03. The van der Waals surface area contributed by atoms with E-state index in [0.29, 0.717) is 4.91 Å². The van der Waals surface area contributed by atoms with Crippen LogP contribution in [-0.2, 0) is 4.79 Å². The van der Waals surface area contributed by atoms with Crippen LogP contribution in [0.5, 0.6) is 5.75 Å². The van der Waals surface area contributed by atoms with Crippen LogP contribution >= 0.6 is 11.8 Å². The van der Waals surface area contributed by atoms with Gasteiger partial charge in [-0.2, -0.15) is 0 Å². The van der Waals surface area contributed by atoms with E-state index in [4.69, 9.17) is 9.73 Å². The highest BCUT2D eigenvalue weighted by molar-refractivity contribution is 8.18. The van der Waals surface area contributed by atoms with Gasteiger partial charge in [0, 0.05) is 12.2 Å². The molecule has 6 heteroatoms. The number of ether oxygens (including phenoxy) is 1. The quantitative estimate of drug-likeness (QED) is 0.684. The van der Waals surface area contributed by atoms with E-state index in [0.717, 1.165) is 47.9 Å². The van der Waals surface area contributed by atoms with E-state index in [1.807, 2.05) is 47.4 Å². The molecule has 1 aliphatic carbocycles. The average molecular weight is 394 g/mol. The van der Waals surface area contributed by atoms with Crippen LogP contribution in [0.4, 0.5) is 5.69 Å². The topological polar surface area (TPSA) is 54.8 Å². The number of aliphatic imine (C=N–C) groups is 1. The number of hydrogen-bond donors (Lipinski definition) is 0. The molecule has 2 fully saturated rings. The fourth-order valence-electron chi connectivity index (χ4n) is 3.61. The molecule has 0 N–H and O–H groups in total. The van der Waals surface area contributed by atoms with Crippen LogP contribution < -0.4 is 4.74 Å². The third-order valence-corrected chi connectivity index (χ3v) is 6.04. The number of thioether (sulfide) groups is 1. The lowest BCUT2D eigenvalue weighted by Gasteiger charge is -2.30. The number of benzene rings is 1. The molecule has 2 aliphatic rings. The summed E-state index contributed by atoms with van der Waals surface area (Å²) in [6, 6.07) is 11.7. The van der Waals surface area contributed by atoms with Crippen LogP contribution in [0.25, 0.3) is 6.08 Å². The summed E-state index contributed by atoms with van der Waals surface area (Å²) >= 11 is 1.45. The number of nitrogens with zero attached hydrogens (tertiary/aromatic N) is 3. The molecule has 0 atom stereocenters. The molecule has 0 radical (unpaired) electrons. The zero-order chi connectivity index (χ0) is 19.3. The standard InChI is InChI=1S/C22H23N3O2S/c1-27-19-11-9-16(10-12-19)14-20-21(26)25(18-7-3-2-4-8-18)22(28-20)24-17-6-5-13-23-15-17/h5-6,9-15,18H,2-4,7-8H2,1H3/b20-14-,24-22?. The summed E-state index contributed by atoms with van der Waals surface area (Å²) in [5.41, 5.74) is 1.74. The Balaban J connectivity index is 1.66. The maximum Gasteiger partial charge on any atom is 0.267 e. The third-order valence-electron chi connectivity index (χ3n) is 5.06. The van der Waals surface area contributed by atoms with Gasteiger partial charge in [0.2, 0.25) is 0 Å². The van der Waals surface area contributed by atoms with Crippen molar-refractivity contribution in [2.75, 3.05) is 7.11 Å². The van der Waals surface area contributed by atoms with Crippen molar-refractivity contribution in [1.82, 2.24) is 9.88 Å². The lowest BCUT2D eigenvalue weighted by molar-refractivity contribution is -0.124. The Bertz CT molecular complexity index is 888. The van der Waals surface area contributed by atoms with Crippen molar-refractivity contribution in [1.29, 1.82) is 0 Å². The summed E-state index contributed by atoms with van der Waals surface area (Å²) < 4.78 is 5.21. The molecular formula is C22H23N3O2S. The first-order valence-electron chi connectivity index (χ1n) is 9.60. The lowest BCUT2D eigenvalue weighted by atomic mass is 9.94. The minimum absolute atomic E-state index is 0.0513. The molecule has 4 rings (SSSR count). The van der Waals surface area contributed by atoms with E-state index in [2.05, 4.69) is 4.98 Å². The third kappa shape index (κ3) is 4.12. The van der Waals surface area contributed by atoms with Gasteiger partial charge in [0.05, 0.1) is 23.9 Å². The van der Waals surface area contributed by atoms with Crippen molar-refractivity contribution in [3.63, 3.8) is 0 Å². The summed E-state index contributed by atoms with van der Waals surface area (Å²) in [5.74, 6) is 0.852. The van der Waals surface area contributed by atoms with Gasteiger partial charge in [0.15, 0.2) is 5.17 Å². The smallest absolute Gasteiger partial charge is 0.267 e. The molecule has 2 heterocycles. The van der Waals surface area contributed by atoms with Crippen LogP contribution in [0.2, 0.25) is 0 Å². The molecule has 1 aromatic carbocycles. The van der Waals surface area contributed by atoms with Gasteiger partial charge in [-0.3, -0.25) is 14.7 Å². The first-order valence-corrected chi connectivity index (χ1v) is 10.4. The highest BCUT2D eigenvalue weighted by Crippen LogP contribution is 2.38. The Morgan fingerprint density at radius 2 is 1.96 bits per heavy atom. The zero-order valence-electron chi connectivity index (χ0n) is 15.9.